The Balaban J connectivity index is 1.79. The van der Waals surface area contributed by atoms with Crippen LogP contribution in [0.5, 0.6) is 0 Å². The number of aliphatic hydroxyl groups is 1. The number of nitrogens with zero attached hydrogens (tertiary/aromatic N) is 2. The van der Waals surface area contributed by atoms with Gasteiger partial charge >= 0.3 is 6.03 Å². The molecule has 1 saturated carbocycles. The van der Waals surface area contributed by atoms with Crippen molar-refractivity contribution in [3.63, 3.8) is 0 Å². The highest BCUT2D eigenvalue weighted by atomic mass is 16.3. The maximum atomic E-state index is 12.3. The van der Waals surface area contributed by atoms with Crippen molar-refractivity contribution in [2.45, 2.75) is 65.0 Å². The molecule has 0 bridgehead atoms. The first kappa shape index (κ1) is 18.8. The normalized spacial score (nSPS) is 19.5. The van der Waals surface area contributed by atoms with Gasteiger partial charge in [-0.3, -0.25) is 0 Å². The van der Waals surface area contributed by atoms with Crippen molar-refractivity contribution in [1.29, 1.82) is 0 Å². The third-order valence-electron chi connectivity index (χ3n) is 5.28. The number of aromatic nitrogens is 2. The van der Waals surface area contributed by atoms with E-state index in [1.165, 1.54) is 19.3 Å². The quantitative estimate of drug-likeness (QED) is 0.715. The van der Waals surface area contributed by atoms with Crippen LogP contribution < -0.4 is 10.6 Å². The van der Waals surface area contributed by atoms with Crippen LogP contribution in [0.2, 0.25) is 0 Å². The lowest BCUT2D eigenvalue weighted by molar-refractivity contribution is 0.101. The molecule has 0 saturated heterocycles. The standard InChI is InChI=1S/C18H32N4O2/c1-14(12-22-10-9-19-15(22)2)11-20-17(24)21-18(3,13-23)16-7-5-4-6-8-16/h9-10,14,16,23H,4-8,11-13H2,1-3H3,(H2,20,21,24). The second-order valence-corrected chi connectivity index (χ2v) is 7.48. The second kappa shape index (κ2) is 8.51. The summed E-state index contributed by atoms with van der Waals surface area (Å²) in [4.78, 5) is 16.5. The molecule has 0 spiro atoms. The molecular formula is C18H32N4O2. The summed E-state index contributed by atoms with van der Waals surface area (Å²) in [6, 6.07) is -0.189. The number of imidazole rings is 1. The van der Waals surface area contributed by atoms with E-state index < -0.39 is 5.54 Å². The van der Waals surface area contributed by atoms with Crippen LogP contribution in [-0.2, 0) is 6.54 Å². The molecule has 6 heteroatoms. The number of carbonyl (C=O) groups is 1. The molecule has 136 valence electrons. The Labute approximate surface area is 145 Å². The summed E-state index contributed by atoms with van der Waals surface area (Å²) in [6.45, 7) is 7.44. The van der Waals surface area contributed by atoms with Crippen molar-refractivity contribution in [3.05, 3.63) is 18.2 Å². The van der Waals surface area contributed by atoms with E-state index >= 15 is 0 Å². The van der Waals surface area contributed by atoms with E-state index in [2.05, 4.69) is 27.1 Å². The minimum absolute atomic E-state index is 0.0190. The van der Waals surface area contributed by atoms with Gasteiger partial charge in [0, 0.05) is 25.5 Å². The zero-order chi connectivity index (χ0) is 17.6. The lowest BCUT2D eigenvalue weighted by Gasteiger charge is -2.39. The number of hydrogen-bond donors (Lipinski definition) is 3. The van der Waals surface area contributed by atoms with Gasteiger partial charge in [0.05, 0.1) is 12.1 Å². The summed E-state index contributed by atoms with van der Waals surface area (Å²) in [5.74, 6) is 1.64. The third kappa shape index (κ3) is 4.97. The predicted molar refractivity (Wildman–Crippen MR) is 94.7 cm³/mol. The summed E-state index contributed by atoms with van der Waals surface area (Å²) in [7, 11) is 0. The Bertz CT molecular complexity index is 525. The molecule has 0 aliphatic heterocycles. The number of aryl methyl sites for hydroxylation is 1. The fraction of sp³-hybridized carbons (Fsp3) is 0.778. The van der Waals surface area contributed by atoms with E-state index in [0.29, 0.717) is 18.4 Å². The van der Waals surface area contributed by atoms with Crippen LogP contribution in [0.25, 0.3) is 0 Å². The van der Waals surface area contributed by atoms with Gasteiger partial charge in [-0.2, -0.15) is 0 Å². The average Bonchev–Trinajstić information content (AvgIpc) is 2.98. The zero-order valence-electron chi connectivity index (χ0n) is 15.2. The maximum absolute atomic E-state index is 12.3. The van der Waals surface area contributed by atoms with Crippen molar-refractivity contribution >= 4 is 6.03 Å². The van der Waals surface area contributed by atoms with E-state index in [4.69, 9.17) is 0 Å². The molecule has 2 atom stereocenters. The van der Waals surface area contributed by atoms with Gasteiger partial charge in [-0.1, -0.05) is 26.2 Å². The van der Waals surface area contributed by atoms with E-state index in [1.807, 2.05) is 20.0 Å². The molecule has 6 nitrogen and oxygen atoms in total. The van der Waals surface area contributed by atoms with Gasteiger partial charge < -0.3 is 20.3 Å². The molecule has 1 aromatic rings. The van der Waals surface area contributed by atoms with Gasteiger partial charge in [-0.25, -0.2) is 9.78 Å². The van der Waals surface area contributed by atoms with Gasteiger partial charge in [0.1, 0.15) is 5.82 Å². The molecule has 24 heavy (non-hydrogen) atoms. The number of amides is 2. The maximum Gasteiger partial charge on any atom is 0.315 e. The smallest absolute Gasteiger partial charge is 0.315 e. The Morgan fingerprint density at radius 1 is 1.46 bits per heavy atom. The fourth-order valence-corrected chi connectivity index (χ4v) is 3.58. The highest BCUT2D eigenvalue weighted by Crippen LogP contribution is 2.32. The van der Waals surface area contributed by atoms with Crippen LogP contribution >= 0.6 is 0 Å². The molecule has 1 fully saturated rings. The Morgan fingerprint density at radius 2 is 2.17 bits per heavy atom. The van der Waals surface area contributed by atoms with Gasteiger partial charge in [-0.05, 0) is 38.5 Å². The molecule has 3 N–H and O–H groups in total. The van der Waals surface area contributed by atoms with Crippen molar-refractivity contribution in [3.8, 4) is 0 Å². The molecule has 1 aliphatic rings. The molecule has 2 amide bonds. The molecule has 1 aromatic heterocycles. The second-order valence-electron chi connectivity index (χ2n) is 7.48. The SMILES string of the molecule is Cc1nccn1CC(C)CNC(=O)NC(C)(CO)C1CCCCC1. The lowest BCUT2D eigenvalue weighted by Crippen LogP contribution is -2.57. The largest absolute Gasteiger partial charge is 0.394 e. The van der Waals surface area contributed by atoms with Crippen LogP contribution in [0.4, 0.5) is 4.79 Å². The Kier molecular flexibility index (Phi) is 6.66. The highest BCUT2D eigenvalue weighted by molar-refractivity contribution is 5.74. The summed E-state index contributed by atoms with van der Waals surface area (Å²) in [6.07, 6.45) is 9.53. The van der Waals surface area contributed by atoms with Crippen LogP contribution in [0.1, 0.15) is 51.8 Å². The predicted octanol–water partition coefficient (Wildman–Crippen LogP) is 2.46. The molecule has 2 unspecified atom stereocenters. The zero-order valence-corrected chi connectivity index (χ0v) is 15.2. The minimum Gasteiger partial charge on any atom is -0.394 e. The fourth-order valence-electron chi connectivity index (χ4n) is 3.58. The first-order valence-corrected chi connectivity index (χ1v) is 9.09. The molecule has 1 heterocycles. The Hall–Kier alpha value is -1.56. The molecule has 0 aromatic carbocycles. The van der Waals surface area contributed by atoms with Gasteiger partial charge in [-0.15, -0.1) is 0 Å². The van der Waals surface area contributed by atoms with E-state index in [0.717, 1.165) is 25.2 Å². The van der Waals surface area contributed by atoms with E-state index in [-0.39, 0.29) is 12.6 Å². The van der Waals surface area contributed by atoms with Crippen molar-refractivity contribution in [2.75, 3.05) is 13.2 Å². The summed E-state index contributed by atoms with van der Waals surface area (Å²) in [5.41, 5.74) is -0.533. The third-order valence-corrected chi connectivity index (χ3v) is 5.28. The number of aliphatic hydroxyl groups excluding tert-OH is 1. The first-order chi connectivity index (χ1) is 11.4. The summed E-state index contributed by atoms with van der Waals surface area (Å²) in [5, 5.41) is 15.8. The van der Waals surface area contributed by atoms with Crippen molar-refractivity contribution in [2.24, 2.45) is 11.8 Å². The monoisotopic (exact) mass is 336 g/mol. The van der Waals surface area contributed by atoms with Gasteiger partial charge in [0.15, 0.2) is 0 Å². The topological polar surface area (TPSA) is 79.2 Å². The van der Waals surface area contributed by atoms with Crippen LogP contribution in [0.15, 0.2) is 12.4 Å². The van der Waals surface area contributed by atoms with Gasteiger partial charge in [0.2, 0.25) is 0 Å². The molecular weight excluding hydrogens is 304 g/mol. The number of rotatable bonds is 7. The average molecular weight is 336 g/mol. The molecule has 0 radical (unpaired) electrons. The highest BCUT2D eigenvalue weighted by Gasteiger charge is 2.35. The van der Waals surface area contributed by atoms with Crippen molar-refractivity contribution < 1.29 is 9.90 Å². The van der Waals surface area contributed by atoms with E-state index in [9.17, 15) is 9.90 Å². The van der Waals surface area contributed by atoms with Crippen LogP contribution in [-0.4, -0.2) is 39.4 Å². The van der Waals surface area contributed by atoms with Crippen LogP contribution in [0, 0.1) is 18.8 Å². The summed E-state index contributed by atoms with van der Waals surface area (Å²) < 4.78 is 2.09. The minimum atomic E-state index is -0.533. The van der Waals surface area contributed by atoms with Gasteiger partial charge in [0.25, 0.3) is 0 Å². The van der Waals surface area contributed by atoms with Crippen molar-refractivity contribution in [1.82, 2.24) is 20.2 Å². The first-order valence-electron chi connectivity index (χ1n) is 9.09. The number of urea groups is 1. The summed E-state index contributed by atoms with van der Waals surface area (Å²) >= 11 is 0. The number of nitrogens with one attached hydrogen (secondary N) is 2. The molecule has 1 aliphatic carbocycles. The number of carbonyl (C=O) groups excluding carboxylic acids is 1. The lowest BCUT2D eigenvalue weighted by atomic mass is 9.76. The van der Waals surface area contributed by atoms with Crippen LogP contribution in [0.3, 0.4) is 0 Å². The molecule has 2 rings (SSSR count). The number of hydrogen-bond acceptors (Lipinski definition) is 3. The van der Waals surface area contributed by atoms with E-state index in [1.54, 1.807) is 6.20 Å². The Morgan fingerprint density at radius 3 is 2.75 bits per heavy atom.